The second kappa shape index (κ2) is 9.57. The highest BCUT2D eigenvalue weighted by Gasteiger charge is 2.38. The molecule has 0 unspecified atom stereocenters. The van der Waals surface area contributed by atoms with Gasteiger partial charge >= 0.3 is 12.1 Å². The molecule has 4 aromatic rings. The summed E-state index contributed by atoms with van der Waals surface area (Å²) in [4.78, 5) is 39.6. The van der Waals surface area contributed by atoms with Gasteiger partial charge in [-0.05, 0) is 41.8 Å². The van der Waals surface area contributed by atoms with E-state index in [4.69, 9.17) is 9.90 Å². The number of carboxylic acid groups (broad SMARTS) is 1. The SMILES string of the molecule is O=C(O)C(F)(F)F.[NH3+]CCNC(=O)c1ccc2[nH]c(-c3cc4ccccc4[nH]c3=O)cc2c1. The molecule has 0 spiro atoms. The maximum Gasteiger partial charge on any atom is 0.490 e. The summed E-state index contributed by atoms with van der Waals surface area (Å²) in [6.07, 6.45) is -5.08. The van der Waals surface area contributed by atoms with Crippen LogP contribution in [0.25, 0.3) is 33.1 Å². The number of carbonyl (C=O) groups excluding carboxylic acids is 1. The zero-order valence-electron chi connectivity index (χ0n) is 17.1. The summed E-state index contributed by atoms with van der Waals surface area (Å²) in [6.45, 7) is 1.19. The largest absolute Gasteiger partial charge is 0.490 e. The number of hydrogen-bond acceptors (Lipinski definition) is 3. The molecule has 0 radical (unpaired) electrons. The minimum atomic E-state index is -5.08. The smallest absolute Gasteiger partial charge is 0.475 e. The molecule has 2 aromatic heterocycles. The highest BCUT2D eigenvalue weighted by Crippen LogP contribution is 2.24. The van der Waals surface area contributed by atoms with Crippen LogP contribution in [0.1, 0.15) is 10.4 Å². The third-order valence-corrected chi connectivity index (χ3v) is 4.63. The first-order valence-corrected chi connectivity index (χ1v) is 9.73. The number of alkyl halides is 3. The molecular formula is C22H20F3N4O4+. The van der Waals surface area contributed by atoms with Crippen LogP contribution in [0.3, 0.4) is 0 Å². The predicted octanol–water partition coefficient (Wildman–Crippen LogP) is 2.28. The van der Waals surface area contributed by atoms with Crippen LogP contribution in [-0.2, 0) is 4.79 Å². The number of hydrogen-bond donors (Lipinski definition) is 5. The lowest BCUT2D eigenvalue weighted by Crippen LogP contribution is -2.54. The second-order valence-electron chi connectivity index (χ2n) is 7.00. The van der Waals surface area contributed by atoms with Gasteiger partial charge in [0.2, 0.25) is 0 Å². The van der Waals surface area contributed by atoms with Crippen LogP contribution in [0.15, 0.2) is 59.4 Å². The summed E-state index contributed by atoms with van der Waals surface area (Å²) in [6, 6.07) is 16.9. The number of fused-ring (bicyclic) bond motifs is 2. The number of carboxylic acids is 1. The van der Waals surface area contributed by atoms with Crippen molar-refractivity contribution in [3.05, 3.63) is 70.5 Å². The molecule has 0 bridgehead atoms. The number of benzene rings is 2. The average molecular weight is 461 g/mol. The number of pyridine rings is 1. The quantitative estimate of drug-likeness (QED) is 0.318. The van der Waals surface area contributed by atoms with Gasteiger partial charge < -0.3 is 26.1 Å². The number of halogens is 3. The van der Waals surface area contributed by atoms with Crippen LogP contribution in [0.2, 0.25) is 0 Å². The molecule has 7 N–H and O–H groups in total. The number of quaternary nitrogens is 1. The van der Waals surface area contributed by atoms with E-state index in [2.05, 4.69) is 21.0 Å². The van der Waals surface area contributed by atoms with Crippen molar-refractivity contribution < 1.29 is 33.6 Å². The van der Waals surface area contributed by atoms with Crippen molar-refractivity contribution in [2.75, 3.05) is 13.1 Å². The molecule has 11 heteroatoms. The Labute approximate surface area is 184 Å². The molecule has 0 aliphatic heterocycles. The Balaban J connectivity index is 0.000000383. The number of aliphatic carboxylic acids is 1. The van der Waals surface area contributed by atoms with Crippen molar-refractivity contribution in [2.24, 2.45) is 0 Å². The van der Waals surface area contributed by atoms with Gasteiger partial charge in [-0.25, -0.2) is 4.79 Å². The van der Waals surface area contributed by atoms with E-state index in [1.165, 1.54) is 0 Å². The number of para-hydroxylation sites is 1. The molecule has 0 atom stereocenters. The van der Waals surface area contributed by atoms with Crippen molar-refractivity contribution in [3.8, 4) is 11.3 Å². The fraction of sp³-hybridized carbons (Fsp3) is 0.136. The van der Waals surface area contributed by atoms with Gasteiger partial charge in [-0.15, -0.1) is 0 Å². The summed E-state index contributed by atoms with van der Waals surface area (Å²) in [5.41, 5.74) is 7.13. The third-order valence-electron chi connectivity index (χ3n) is 4.63. The second-order valence-corrected chi connectivity index (χ2v) is 7.00. The summed E-state index contributed by atoms with van der Waals surface area (Å²) in [7, 11) is 0. The maximum absolute atomic E-state index is 12.5. The predicted molar refractivity (Wildman–Crippen MR) is 116 cm³/mol. The van der Waals surface area contributed by atoms with Crippen LogP contribution < -0.4 is 16.6 Å². The Bertz CT molecular complexity index is 1380. The lowest BCUT2D eigenvalue weighted by molar-refractivity contribution is -0.364. The number of carbonyl (C=O) groups is 2. The van der Waals surface area contributed by atoms with Crippen molar-refractivity contribution in [1.29, 1.82) is 0 Å². The number of nitrogens with one attached hydrogen (secondary N) is 3. The molecule has 172 valence electrons. The van der Waals surface area contributed by atoms with Gasteiger partial charge in [-0.1, -0.05) is 18.2 Å². The van der Waals surface area contributed by atoms with Crippen LogP contribution in [0.4, 0.5) is 13.2 Å². The van der Waals surface area contributed by atoms with E-state index in [1.807, 2.05) is 48.5 Å². The first kappa shape index (κ1) is 23.5. The molecule has 0 saturated heterocycles. The molecule has 0 aliphatic rings. The summed E-state index contributed by atoms with van der Waals surface area (Å²) < 4.78 is 31.7. The minimum absolute atomic E-state index is 0.123. The fourth-order valence-corrected chi connectivity index (χ4v) is 3.07. The van der Waals surface area contributed by atoms with Gasteiger partial charge in [0.25, 0.3) is 11.5 Å². The Kier molecular flexibility index (Phi) is 6.83. The lowest BCUT2D eigenvalue weighted by Gasteiger charge is -2.02. The Hall–Kier alpha value is -4.12. The fourth-order valence-electron chi connectivity index (χ4n) is 3.07. The molecule has 1 amide bonds. The topological polar surface area (TPSA) is 143 Å². The van der Waals surface area contributed by atoms with Crippen molar-refractivity contribution in [3.63, 3.8) is 0 Å². The Morgan fingerprint density at radius 2 is 1.64 bits per heavy atom. The highest BCUT2D eigenvalue weighted by molar-refractivity contribution is 5.99. The molecule has 4 rings (SSSR count). The van der Waals surface area contributed by atoms with Crippen molar-refractivity contribution in [1.82, 2.24) is 15.3 Å². The van der Waals surface area contributed by atoms with Gasteiger partial charge in [0, 0.05) is 22.0 Å². The number of aromatic nitrogens is 2. The molecule has 0 fully saturated rings. The molecule has 33 heavy (non-hydrogen) atoms. The highest BCUT2D eigenvalue weighted by atomic mass is 19.4. The van der Waals surface area contributed by atoms with Crippen LogP contribution in [0, 0.1) is 0 Å². The summed E-state index contributed by atoms with van der Waals surface area (Å²) in [5, 5.41) is 11.8. The number of aromatic amines is 2. The average Bonchev–Trinajstić information content (AvgIpc) is 3.19. The molecule has 2 aromatic carbocycles. The Morgan fingerprint density at radius 1 is 0.970 bits per heavy atom. The summed E-state index contributed by atoms with van der Waals surface area (Å²) in [5.74, 6) is -2.88. The van der Waals surface area contributed by atoms with Crippen molar-refractivity contribution in [2.45, 2.75) is 6.18 Å². The molecular weight excluding hydrogens is 441 g/mol. The lowest BCUT2D eigenvalue weighted by atomic mass is 10.1. The number of rotatable bonds is 4. The van der Waals surface area contributed by atoms with E-state index in [-0.39, 0.29) is 11.5 Å². The van der Waals surface area contributed by atoms with E-state index in [1.54, 1.807) is 6.07 Å². The van der Waals surface area contributed by atoms with Gasteiger partial charge in [0.15, 0.2) is 0 Å². The first-order valence-electron chi connectivity index (χ1n) is 9.73. The zero-order chi connectivity index (χ0) is 24.2. The van der Waals surface area contributed by atoms with Crippen LogP contribution in [0.5, 0.6) is 0 Å². The normalized spacial score (nSPS) is 11.2. The van der Waals surface area contributed by atoms with E-state index in [0.717, 1.165) is 27.5 Å². The van der Waals surface area contributed by atoms with Crippen LogP contribution >= 0.6 is 0 Å². The summed E-state index contributed by atoms with van der Waals surface area (Å²) >= 11 is 0. The van der Waals surface area contributed by atoms with E-state index < -0.39 is 12.1 Å². The molecule has 8 nitrogen and oxygen atoms in total. The molecule has 2 heterocycles. The minimum Gasteiger partial charge on any atom is -0.475 e. The molecule has 0 aliphatic carbocycles. The van der Waals surface area contributed by atoms with Crippen molar-refractivity contribution >= 4 is 33.7 Å². The monoisotopic (exact) mass is 461 g/mol. The van der Waals surface area contributed by atoms with Gasteiger partial charge in [-0.3, -0.25) is 9.59 Å². The zero-order valence-corrected chi connectivity index (χ0v) is 17.1. The number of H-pyrrole nitrogens is 2. The first-order chi connectivity index (χ1) is 15.6. The number of amides is 1. The van der Waals surface area contributed by atoms with E-state index in [9.17, 15) is 22.8 Å². The van der Waals surface area contributed by atoms with E-state index in [0.29, 0.717) is 24.2 Å². The Morgan fingerprint density at radius 3 is 2.30 bits per heavy atom. The van der Waals surface area contributed by atoms with Crippen LogP contribution in [-0.4, -0.2) is 46.2 Å². The van der Waals surface area contributed by atoms with Gasteiger partial charge in [0.05, 0.1) is 24.3 Å². The third kappa shape index (κ3) is 5.57. The van der Waals surface area contributed by atoms with E-state index >= 15 is 0 Å². The molecule has 0 saturated carbocycles. The maximum atomic E-state index is 12.5. The standard InChI is InChI=1S/C20H18N4O2.C2HF3O2/c21-7-8-22-19(25)13-5-6-17-14(9-13)11-18(23-17)15-10-12-3-1-2-4-16(12)24-20(15)26;3-2(4,5)1(6)7/h1-6,9-11,23H,7-8,21H2,(H,22,25)(H,24,26);(H,6,7)/p+1. The van der Waals surface area contributed by atoms with Gasteiger partial charge in [0.1, 0.15) is 0 Å². The van der Waals surface area contributed by atoms with Gasteiger partial charge in [-0.2, -0.15) is 13.2 Å².